The number of nitrogens with zero attached hydrogens (tertiary/aromatic N) is 1. The largest absolute Gasteiger partial charge is 0.480 e. The molecular weight excluding hydrogens is 306 g/mol. The van der Waals surface area contributed by atoms with Gasteiger partial charge in [0.2, 0.25) is 5.91 Å². The Morgan fingerprint density at radius 3 is 2.67 bits per heavy atom. The van der Waals surface area contributed by atoms with Gasteiger partial charge < -0.3 is 16.2 Å². The zero-order chi connectivity index (χ0) is 13.7. The van der Waals surface area contributed by atoms with E-state index in [0.29, 0.717) is 4.60 Å². The Kier molecular flexibility index (Phi) is 4.78. The van der Waals surface area contributed by atoms with E-state index in [2.05, 4.69) is 26.2 Å². The normalized spacial score (nSPS) is 11.6. The van der Waals surface area contributed by atoms with Crippen LogP contribution in [-0.2, 0) is 9.59 Å². The lowest BCUT2D eigenvalue weighted by atomic mass is 10.1. The van der Waals surface area contributed by atoms with Gasteiger partial charge in [-0.3, -0.25) is 9.59 Å². The molecule has 4 N–H and O–H groups in total. The van der Waals surface area contributed by atoms with E-state index in [4.69, 9.17) is 10.8 Å². The van der Waals surface area contributed by atoms with Crippen LogP contribution in [0.2, 0.25) is 0 Å². The van der Waals surface area contributed by atoms with Crippen molar-refractivity contribution in [1.29, 1.82) is 0 Å². The number of carboxylic acid groups (broad SMARTS) is 1. The predicted octanol–water partition coefficient (Wildman–Crippen LogP) is -0.0975. The smallest absolute Gasteiger partial charge is 0.326 e. The van der Waals surface area contributed by atoms with E-state index in [9.17, 15) is 14.4 Å². The lowest BCUT2D eigenvalue weighted by Gasteiger charge is -2.12. The molecule has 0 fully saturated rings. The number of carbonyl (C=O) groups excluding carboxylic acids is 2. The summed E-state index contributed by atoms with van der Waals surface area (Å²) in [6, 6.07) is 1.50. The van der Waals surface area contributed by atoms with Crippen LogP contribution in [0.15, 0.2) is 22.9 Å². The van der Waals surface area contributed by atoms with Crippen LogP contribution in [0.4, 0.5) is 0 Å². The fourth-order valence-corrected chi connectivity index (χ4v) is 1.55. The van der Waals surface area contributed by atoms with Gasteiger partial charge in [-0.1, -0.05) is 0 Å². The number of carboxylic acids is 1. The third kappa shape index (κ3) is 4.13. The molecular formula is C10H10BrN3O4. The summed E-state index contributed by atoms with van der Waals surface area (Å²) in [4.78, 5) is 37.1. The first-order chi connectivity index (χ1) is 8.40. The van der Waals surface area contributed by atoms with E-state index in [0.717, 1.165) is 0 Å². The predicted molar refractivity (Wildman–Crippen MR) is 64.6 cm³/mol. The second-order valence-electron chi connectivity index (χ2n) is 3.40. The van der Waals surface area contributed by atoms with Gasteiger partial charge in [-0.05, 0) is 28.1 Å². The van der Waals surface area contributed by atoms with Gasteiger partial charge in [0.05, 0.1) is 6.42 Å². The molecule has 1 atom stereocenters. The van der Waals surface area contributed by atoms with Gasteiger partial charge in [-0.2, -0.15) is 0 Å². The standard InChI is InChI=1S/C10H10BrN3O4/c11-7-3-5(1-2-13-7)9(16)14-6(10(17)18)4-8(12)15/h1-3,6H,4H2,(H2,12,15)(H,14,16)(H,17,18)/t6-/m0/s1. The molecule has 1 heterocycles. The number of nitrogens with two attached hydrogens (primary N) is 1. The maximum absolute atomic E-state index is 11.7. The van der Waals surface area contributed by atoms with Crippen molar-refractivity contribution in [2.75, 3.05) is 0 Å². The Hall–Kier alpha value is -1.96. The van der Waals surface area contributed by atoms with Crippen molar-refractivity contribution < 1.29 is 19.5 Å². The molecule has 0 aliphatic rings. The Balaban J connectivity index is 2.78. The number of aromatic nitrogens is 1. The van der Waals surface area contributed by atoms with Crippen LogP contribution in [0, 0.1) is 0 Å². The van der Waals surface area contributed by atoms with Crippen molar-refractivity contribution in [3.05, 3.63) is 28.5 Å². The van der Waals surface area contributed by atoms with Crippen molar-refractivity contribution in [1.82, 2.24) is 10.3 Å². The quantitative estimate of drug-likeness (QED) is 0.655. The Bertz CT molecular complexity index is 492. The van der Waals surface area contributed by atoms with Crippen molar-refractivity contribution >= 4 is 33.7 Å². The summed E-state index contributed by atoms with van der Waals surface area (Å²) in [6.07, 6.45) is 0.927. The number of nitrogens with one attached hydrogen (secondary N) is 1. The zero-order valence-electron chi connectivity index (χ0n) is 9.09. The van der Waals surface area contributed by atoms with Gasteiger partial charge in [0.1, 0.15) is 10.6 Å². The number of aliphatic carboxylic acids is 1. The first-order valence-electron chi connectivity index (χ1n) is 4.83. The number of rotatable bonds is 5. The van der Waals surface area contributed by atoms with Gasteiger partial charge in [-0.25, -0.2) is 9.78 Å². The maximum Gasteiger partial charge on any atom is 0.326 e. The van der Waals surface area contributed by atoms with Crippen LogP contribution in [0.3, 0.4) is 0 Å². The van der Waals surface area contributed by atoms with E-state index >= 15 is 0 Å². The third-order valence-electron chi connectivity index (χ3n) is 2.00. The average molecular weight is 316 g/mol. The topological polar surface area (TPSA) is 122 Å². The highest BCUT2D eigenvalue weighted by Gasteiger charge is 2.22. The zero-order valence-corrected chi connectivity index (χ0v) is 10.7. The number of amides is 2. The minimum atomic E-state index is -1.35. The van der Waals surface area contributed by atoms with E-state index < -0.39 is 30.2 Å². The summed E-state index contributed by atoms with van der Waals surface area (Å²) in [7, 11) is 0. The number of primary amides is 1. The molecule has 1 aromatic heterocycles. The maximum atomic E-state index is 11.7. The van der Waals surface area contributed by atoms with Crippen LogP contribution in [-0.4, -0.2) is 33.9 Å². The van der Waals surface area contributed by atoms with Crippen molar-refractivity contribution in [2.24, 2.45) is 5.73 Å². The van der Waals surface area contributed by atoms with Crippen LogP contribution >= 0.6 is 15.9 Å². The molecule has 0 aliphatic carbocycles. The number of hydrogen-bond acceptors (Lipinski definition) is 4. The second-order valence-corrected chi connectivity index (χ2v) is 4.21. The molecule has 0 aliphatic heterocycles. The first kappa shape index (κ1) is 14.1. The Morgan fingerprint density at radius 1 is 1.50 bits per heavy atom. The summed E-state index contributed by atoms with van der Waals surface area (Å²) in [5, 5.41) is 11.0. The van der Waals surface area contributed by atoms with Gasteiger partial charge >= 0.3 is 5.97 Å². The molecule has 2 amide bonds. The lowest BCUT2D eigenvalue weighted by molar-refractivity contribution is -0.140. The van der Waals surface area contributed by atoms with Crippen molar-refractivity contribution in [3.63, 3.8) is 0 Å². The Morgan fingerprint density at radius 2 is 2.17 bits per heavy atom. The van der Waals surface area contributed by atoms with Gasteiger partial charge in [0.15, 0.2) is 0 Å². The molecule has 1 aromatic rings. The van der Waals surface area contributed by atoms with E-state index in [1.165, 1.54) is 18.3 Å². The number of pyridine rings is 1. The highest BCUT2D eigenvalue weighted by molar-refractivity contribution is 9.10. The van der Waals surface area contributed by atoms with Crippen molar-refractivity contribution in [2.45, 2.75) is 12.5 Å². The highest BCUT2D eigenvalue weighted by Crippen LogP contribution is 2.08. The van der Waals surface area contributed by atoms with E-state index in [1.807, 2.05) is 0 Å². The second kappa shape index (κ2) is 6.10. The summed E-state index contributed by atoms with van der Waals surface area (Å²) >= 11 is 3.08. The Labute approximate surface area is 111 Å². The molecule has 0 saturated heterocycles. The van der Waals surface area contributed by atoms with E-state index in [-0.39, 0.29) is 5.56 Å². The first-order valence-corrected chi connectivity index (χ1v) is 5.63. The number of carbonyl (C=O) groups is 3. The molecule has 0 saturated carbocycles. The third-order valence-corrected chi connectivity index (χ3v) is 2.43. The summed E-state index contributed by atoms with van der Waals surface area (Å²) in [6.45, 7) is 0. The van der Waals surface area contributed by atoms with Gasteiger partial charge in [-0.15, -0.1) is 0 Å². The molecule has 0 aromatic carbocycles. The molecule has 96 valence electrons. The fourth-order valence-electron chi connectivity index (χ4n) is 1.19. The summed E-state index contributed by atoms with van der Waals surface area (Å²) in [5.74, 6) is -2.75. The van der Waals surface area contributed by atoms with Crippen LogP contribution in [0.25, 0.3) is 0 Å². The average Bonchev–Trinajstić information content (AvgIpc) is 2.27. The van der Waals surface area contributed by atoms with E-state index in [1.54, 1.807) is 0 Å². The molecule has 7 nitrogen and oxygen atoms in total. The SMILES string of the molecule is NC(=O)C[C@H](NC(=O)c1ccnc(Br)c1)C(=O)O. The molecule has 18 heavy (non-hydrogen) atoms. The molecule has 0 spiro atoms. The molecule has 0 unspecified atom stereocenters. The van der Waals surface area contributed by atoms with Crippen LogP contribution < -0.4 is 11.1 Å². The number of hydrogen-bond donors (Lipinski definition) is 3. The van der Waals surface area contributed by atoms with Gasteiger partial charge in [0, 0.05) is 11.8 Å². The summed E-state index contributed by atoms with van der Waals surface area (Å²) < 4.78 is 0.442. The lowest BCUT2D eigenvalue weighted by Crippen LogP contribution is -2.43. The minimum absolute atomic E-state index is 0.229. The molecule has 8 heteroatoms. The fraction of sp³-hybridized carbons (Fsp3) is 0.200. The number of halogens is 1. The van der Waals surface area contributed by atoms with Gasteiger partial charge in [0.25, 0.3) is 5.91 Å². The molecule has 1 rings (SSSR count). The van der Waals surface area contributed by atoms with Crippen LogP contribution in [0.5, 0.6) is 0 Å². The van der Waals surface area contributed by atoms with Crippen molar-refractivity contribution in [3.8, 4) is 0 Å². The highest BCUT2D eigenvalue weighted by atomic mass is 79.9. The monoisotopic (exact) mass is 315 g/mol. The summed E-state index contributed by atoms with van der Waals surface area (Å²) in [5.41, 5.74) is 5.13. The van der Waals surface area contributed by atoms with Crippen LogP contribution in [0.1, 0.15) is 16.8 Å². The molecule has 0 radical (unpaired) electrons. The minimum Gasteiger partial charge on any atom is -0.480 e. The molecule has 0 bridgehead atoms.